The summed E-state index contributed by atoms with van der Waals surface area (Å²) in [7, 11) is 2.12. The molecule has 1 aromatic rings. The molecule has 13 heavy (non-hydrogen) atoms. The molecule has 1 aliphatic heterocycles. The van der Waals surface area contributed by atoms with Gasteiger partial charge < -0.3 is 4.90 Å². The maximum atomic E-state index is 2.29. The quantitative estimate of drug-likeness (QED) is 0.631. The number of hydrogen-bond acceptors (Lipinski definition) is 1. The van der Waals surface area contributed by atoms with E-state index in [2.05, 4.69) is 54.6 Å². The third kappa shape index (κ3) is 1.92. The molecule has 68 valence electrons. The van der Waals surface area contributed by atoms with Crippen molar-refractivity contribution < 1.29 is 0 Å². The van der Waals surface area contributed by atoms with Gasteiger partial charge >= 0.3 is 0 Å². The molecule has 1 nitrogen and oxygen atoms in total. The molecule has 1 aromatic carbocycles. The smallest absolute Gasteiger partial charge is 0.0178 e. The molecular formula is C12H15N. The molecule has 1 unspecified atom stereocenters. The molecule has 1 heteroatoms. The van der Waals surface area contributed by atoms with Gasteiger partial charge in [0.15, 0.2) is 0 Å². The van der Waals surface area contributed by atoms with E-state index < -0.39 is 0 Å². The minimum atomic E-state index is 0.623. The lowest BCUT2D eigenvalue weighted by Gasteiger charge is -2.24. The van der Waals surface area contributed by atoms with Crippen LogP contribution in [0.15, 0.2) is 42.6 Å². The Kier molecular flexibility index (Phi) is 2.35. The molecule has 0 amide bonds. The Morgan fingerprint density at radius 1 is 1.23 bits per heavy atom. The fourth-order valence-corrected chi connectivity index (χ4v) is 1.74. The minimum absolute atomic E-state index is 0.623. The predicted octanol–water partition coefficient (Wildman–Crippen LogP) is 2.62. The second-order valence-corrected chi connectivity index (χ2v) is 3.63. The minimum Gasteiger partial charge on any atom is -0.381 e. The van der Waals surface area contributed by atoms with E-state index in [-0.39, 0.29) is 0 Å². The van der Waals surface area contributed by atoms with Gasteiger partial charge in [-0.2, -0.15) is 0 Å². The van der Waals surface area contributed by atoms with E-state index in [9.17, 15) is 0 Å². The molecule has 0 aliphatic carbocycles. The van der Waals surface area contributed by atoms with Crippen LogP contribution in [0.2, 0.25) is 0 Å². The highest BCUT2D eigenvalue weighted by molar-refractivity contribution is 5.24. The molecule has 1 atom stereocenters. The van der Waals surface area contributed by atoms with Crippen LogP contribution in [0.25, 0.3) is 0 Å². The maximum absolute atomic E-state index is 2.29. The number of nitrogens with zero attached hydrogens (tertiary/aromatic N) is 1. The van der Waals surface area contributed by atoms with E-state index in [0.29, 0.717) is 5.92 Å². The summed E-state index contributed by atoms with van der Waals surface area (Å²) in [4.78, 5) is 2.24. The second kappa shape index (κ2) is 3.65. The van der Waals surface area contributed by atoms with Crippen molar-refractivity contribution in [3.8, 4) is 0 Å². The van der Waals surface area contributed by atoms with E-state index >= 15 is 0 Å². The Labute approximate surface area is 79.7 Å². The third-order valence-electron chi connectivity index (χ3n) is 2.59. The van der Waals surface area contributed by atoms with Gasteiger partial charge in [0.2, 0.25) is 0 Å². The summed E-state index contributed by atoms with van der Waals surface area (Å²) in [6.45, 7) is 1.16. The first-order valence-electron chi connectivity index (χ1n) is 4.80. The molecule has 1 heterocycles. The summed E-state index contributed by atoms with van der Waals surface area (Å²) in [5.41, 5.74) is 1.44. The summed E-state index contributed by atoms with van der Waals surface area (Å²) in [6, 6.07) is 10.7. The highest BCUT2D eigenvalue weighted by Crippen LogP contribution is 2.24. The van der Waals surface area contributed by atoms with Gasteiger partial charge in [-0.25, -0.2) is 0 Å². The first-order chi connectivity index (χ1) is 6.36. The van der Waals surface area contributed by atoms with E-state index in [4.69, 9.17) is 0 Å². The van der Waals surface area contributed by atoms with E-state index in [1.807, 2.05) is 0 Å². The summed E-state index contributed by atoms with van der Waals surface area (Å²) in [6.07, 6.45) is 5.71. The molecule has 0 N–H and O–H groups in total. The van der Waals surface area contributed by atoms with Crippen LogP contribution in [-0.2, 0) is 0 Å². The van der Waals surface area contributed by atoms with Crippen molar-refractivity contribution in [1.82, 2.24) is 4.90 Å². The van der Waals surface area contributed by atoms with E-state index in [1.54, 1.807) is 0 Å². The van der Waals surface area contributed by atoms with Gasteiger partial charge in [0, 0.05) is 19.5 Å². The molecule has 0 bridgehead atoms. The van der Waals surface area contributed by atoms with Crippen LogP contribution in [0, 0.1) is 0 Å². The zero-order valence-electron chi connectivity index (χ0n) is 7.98. The van der Waals surface area contributed by atoms with Crippen LogP contribution >= 0.6 is 0 Å². The monoisotopic (exact) mass is 173 g/mol. The van der Waals surface area contributed by atoms with Gasteiger partial charge in [-0.15, -0.1) is 0 Å². The molecule has 0 spiro atoms. The maximum Gasteiger partial charge on any atom is 0.0178 e. The fourth-order valence-electron chi connectivity index (χ4n) is 1.74. The van der Waals surface area contributed by atoms with Crippen molar-refractivity contribution in [2.75, 3.05) is 13.6 Å². The van der Waals surface area contributed by atoms with E-state index in [1.165, 1.54) is 12.0 Å². The predicted molar refractivity (Wildman–Crippen MR) is 55.6 cm³/mol. The average Bonchev–Trinajstić information content (AvgIpc) is 2.20. The molecule has 0 saturated heterocycles. The van der Waals surface area contributed by atoms with Crippen LogP contribution in [0.4, 0.5) is 0 Å². The lowest BCUT2D eigenvalue weighted by Crippen LogP contribution is -2.19. The fraction of sp³-hybridized carbons (Fsp3) is 0.333. The zero-order valence-corrected chi connectivity index (χ0v) is 7.98. The van der Waals surface area contributed by atoms with Crippen molar-refractivity contribution >= 4 is 0 Å². The molecule has 0 aromatic heterocycles. The van der Waals surface area contributed by atoms with Crippen molar-refractivity contribution in [3.63, 3.8) is 0 Å². The van der Waals surface area contributed by atoms with Gasteiger partial charge in [-0.3, -0.25) is 0 Å². The SMILES string of the molecule is CN1C=CC(c2ccccc2)CC1. The third-order valence-corrected chi connectivity index (χ3v) is 2.59. The Hall–Kier alpha value is -1.24. The Morgan fingerprint density at radius 2 is 2.00 bits per heavy atom. The van der Waals surface area contributed by atoms with Crippen LogP contribution in [0.1, 0.15) is 17.9 Å². The van der Waals surface area contributed by atoms with Gasteiger partial charge in [0.1, 0.15) is 0 Å². The van der Waals surface area contributed by atoms with Crippen LogP contribution in [-0.4, -0.2) is 18.5 Å². The number of benzene rings is 1. The summed E-state index contributed by atoms with van der Waals surface area (Å²) in [5.74, 6) is 0.623. The number of rotatable bonds is 1. The van der Waals surface area contributed by atoms with Crippen LogP contribution in [0.5, 0.6) is 0 Å². The molecular weight excluding hydrogens is 158 g/mol. The first-order valence-corrected chi connectivity index (χ1v) is 4.80. The molecule has 0 saturated carbocycles. The topological polar surface area (TPSA) is 3.24 Å². The Bertz CT molecular complexity index is 289. The van der Waals surface area contributed by atoms with E-state index in [0.717, 1.165) is 6.54 Å². The molecule has 0 radical (unpaired) electrons. The number of hydrogen-bond donors (Lipinski definition) is 0. The van der Waals surface area contributed by atoms with Gasteiger partial charge in [0.25, 0.3) is 0 Å². The standard InChI is InChI=1S/C12H15N/c1-13-9-7-12(8-10-13)11-5-3-2-4-6-11/h2-7,9,12H,8,10H2,1H3. The highest BCUT2D eigenvalue weighted by atomic mass is 15.1. The van der Waals surface area contributed by atoms with Crippen LogP contribution in [0.3, 0.4) is 0 Å². The molecule has 1 aliphatic rings. The highest BCUT2D eigenvalue weighted by Gasteiger charge is 2.11. The van der Waals surface area contributed by atoms with Crippen molar-refractivity contribution in [2.24, 2.45) is 0 Å². The molecule has 2 rings (SSSR count). The van der Waals surface area contributed by atoms with Crippen LogP contribution < -0.4 is 0 Å². The second-order valence-electron chi connectivity index (χ2n) is 3.63. The lowest BCUT2D eigenvalue weighted by atomic mass is 9.94. The Balaban J connectivity index is 2.15. The van der Waals surface area contributed by atoms with Crippen molar-refractivity contribution in [3.05, 3.63) is 48.2 Å². The van der Waals surface area contributed by atoms with Crippen molar-refractivity contribution in [2.45, 2.75) is 12.3 Å². The summed E-state index contributed by atoms with van der Waals surface area (Å²) in [5, 5.41) is 0. The first kappa shape index (κ1) is 8.36. The van der Waals surface area contributed by atoms with Crippen molar-refractivity contribution in [1.29, 1.82) is 0 Å². The largest absolute Gasteiger partial charge is 0.381 e. The zero-order chi connectivity index (χ0) is 9.10. The normalized spacial score (nSPS) is 21.9. The summed E-state index contributed by atoms with van der Waals surface area (Å²) >= 11 is 0. The van der Waals surface area contributed by atoms with Gasteiger partial charge in [-0.05, 0) is 18.2 Å². The number of allylic oxidation sites excluding steroid dienone is 1. The summed E-state index contributed by atoms with van der Waals surface area (Å²) < 4.78 is 0. The van der Waals surface area contributed by atoms with Gasteiger partial charge in [-0.1, -0.05) is 36.4 Å². The Morgan fingerprint density at radius 3 is 2.62 bits per heavy atom. The average molecular weight is 173 g/mol. The molecule has 0 fully saturated rings. The van der Waals surface area contributed by atoms with Gasteiger partial charge in [0.05, 0.1) is 0 Å². The lowest BCUT2D eigenvalue weighted by molar-refractivity contribution is 0.409.